The van der Waals surface area contributed by atoms with Crippen LogP contribution >= 0.6 is 0 Å². The maximum atomic E-state index is 15.2. The smallest absolute Gasteiger partial charge is 0.254 e. The predicted octanol–water partition coefficient (Wildman–Crippen LogP) is 3.91. The molecule has 0 saturated heterocycles. The topological polar surface area (TPSA) is 107 Å². The number of fused-ring (bicyclic) bond motifs is 1. The van der Waals surface area contributed by atoms with Crippen molar-refractivity contribution in [3.05, 3.63) is 93.8 Å². The summed E-state index contributed by atoms with van der Waals surface area (Å²) in [7, 11) is -3.75. The van der Waals surface area contributed by atoms with Crippen molar-refractivity contribution in [3.63, 3.8) is 0 Å². The van der Waals surface area contributed by atoms with E-state index in [2.05, 4.69) is 0 Å². The molecule has 0 radical (unpaired) electrons. The quantitative estimate of drug-likeness (QED) is 0.505. The number of sulfone groups is 1. The van der Waals surface area contributed by atoms with Crippen LogP contribution in [0.3, 0.4) is 0 Å². The van der Waals surface area contributed by atoms with Crippen LogP contribution in [0.2, 0.25) is 0 Å². The van der Waals surface area contributed by atoms with Crippen LogP contribution in [0.4, 0.5) is 4.39 Å². The van der Waals surface area contributed by atoms with Crippen molar-refractivity contribution in [1.82, 2.24) is 4.90 Å². The number of nitrogens with two attached hydrogens (primary N) is 1. The molecule has 1 aliphatic rings. The minimum absolute atomic E-state index is 0.0954. The van der Waals surface area contributed by atoms with Gasteiger partial charge in [0, 0.05) is 28.8 Å². The van der Waals surface area contributed by atoms with Gasteiger partial charge in [0.05, 0.1) is 12.3 Å². The van der Waals surface area contributed by atoms with Crippen molar-refractivity contribution < 1.29 is 27.1 Å². The van der Waals surface area contributed by atoms with Crippen molar-refractivity contribution in [1.29, 1.82) is 0 Å². The first-order valence-electron chi connectivity index (χ1n) is 12.1. The number of ether oxygens (including phenoxy) is 1. The molecular formula is C28H29FN2O5S. The molecule has 3 aromatic carbocycles. The van der Waals surface area contributed by atoms with Crippen LogP contribution < -0.4 is 10.5 Å². The zero-order valence-electron chi connectivity index (χ0n) is 20.8. The van der Waals surface area contributed by atoms with Gasteiger partial charge in [-0.15, -0.1) is 0 Å². The number of carbonyl (C=O) groups is 2. The van der Waals surface area contributed by atoms with Gasteiger partial charge in [-0.2, -0.15) is 0 Å². The third-order valence-electron chi connectivity index (χ3n) is 6.55. The molecular weight excluding hydrogens is 495 g/mol. The molecule has 1 aliphatic heterocycles. The zero-order valence-corrected chi connectivity index (χ0v) is 21.6. The molecule has 0 aromatic heterocycles. The molecule has 0 bridgehead atoms. The molecule has 0 saturated carbocycles. The monoisotopic (exact) mass is 524 g/mol. The van der Waals surface area contributed by atoms with Gasteiger partial charge in [0.15, 0.2) is 9.84 Å². The summed E-state index contributed by atoms with van der Waals surface area (Å²) in [6.07, 6.45) is 0.790. The fourth-order valence-corrected chi connectivity index (χ4v) is 5.45. The van der Waals surface area contributed by atoms with Gasteiger partial charge in [-0.1, -0.05) is 32.0 Å². The highest BCUT2D eigenvalue weighted by atomic mass is 32.2. The van der Waals surface area contributed by atoms with Gasteiger partial charge in [0.25, 0.3) is 5.91 Å². The van der Waals surface area contributed by atoms with E-state index in [-0.39, 0.29) is 47.3 Å². The molecule has 2 N–H and O–H groups in total. The highest BCUT2D eigenvalue weighted by molar-refractivity contribution is 7.91. The van der Waals surface area contributed by atoms with E-state index in [9.17, 15) is 18.0 Å². The number of hydrogen-bond acceptors (Lipinski definition) is 5. The van der Waals surface area contributed by atoms with Crippen LogP contribution in [0, 0.1) is 5.82 Å². The van der Waals surface area contributed by atoms with Crippen molar-refractivity contribution in [2.45, 2.75) is 38.1 Å². The highest BCUT2D eigenvalue weighted by Gasteiger charge is 2.27. The summed E-state index contributed by atoms with van der Waals surface area (Å²) in [6, 6.07) is 15.5. The van der Waals surface area contributed by atoms with E-state index in [1.165, 1.54) is 19.1 Å². The average molecular weight is 525 g/mol. The van der Waals surface area contributed by atoms with Crippen molar-refractivity contribution in [2.24, 2.45) is 5.73 Å². The fraction of sp³-hybridized carbons (Fsp3) is 0.286. The number of benzene rings is 3. The van der Waals surface area contributed by atoms with E-state index in [1.54, 1.807) is 24.0 Å². The van der Waals surface area contributed by atoms with Crippen molar-refractivity contribution in [2.75, 3.05) is 18.9 Å². The second-order valence-corrected chi connectivity index (χ2v) is 11.2. The van der Waals surface area contributed by atoms with Crippen molar-refractivity contribution >= 4 is 21.7 Å². The normalized spacial score (nSPS) is 13.4. The number of carbonyl (C=O) groups excluding carboxylic acids is 2. The van der Waals surface area contributed by atoms with Gasteiger partial charge in [-0.25, -0.2) is 12.8 Å². The molecule has 194 valence electrons. The number of halogens is 1. The molecule has 0 spiro atoms. The zero-order chi connectivity index (χ0) is 26.7. The largest absolute Gasteiger partial charge is 0.491 e. The van der Waals surface area contributed by atoms with Crippen LogP contribution in [0.15, 0.2) is 59.5 Å². The molecule has 4 rings (SSSR count). The highest BCUT2D eigenvalue weighted by Crippen LogP contribution is 2.29. The lowest BCUT2D eigenvalue weighted by atomic mass is 10.0. The van der Waals surface area contributed by atoms with E-state index >= 15 is 4.39 Å². The number of primary amides is 1. The Morgan fingerprint density at radius 3 is 2.38 bits per heavy atom. The molecule has 2 amide bonds. The molecule has 0 aliphatic carbocycles. The summed E-state index contributed by atoms with van der Waals surface area (Å²) in [5.74, 6) is -1.26. The lowest BCUT2D eigenvalue weighted by molar-refractivity contribution is 0.0731. The lowest BCUT2D eigenvalue weighted by Gasteiger charge is -2.22. The number of hydrogen-bond donors (Lipinski definition) is 1. The van der Waals surface area contributed by atoms with Crippen LogP contribution in [-0.2, 0) is 29.2 Å². The fourth-order valence-electron chi connectivity index (χ4n) is 4.47. The van der Waals surface area contributed by atoms with Gasteiger partial charge < -0.3 is 15.4 Å². The van der Waals surface area contributed by atoms with Crippen LogP contribution in [0.1, 0.15) is 56.8 Å². The van der Waals surface area contributed by atoms with Gasteiger partial charge in [-0.05, 0) is 60.4 Å². The summed E-state index contributed by atoms with van der Waals surface area (Å²) in [5.41, 5.74) is 8.82. The third-order valence-corrected chi connectivity index (χ3v) is 8.29. The Labute approximate surface area is 216 Å². The predicted molar refractivity (Wildman–Crippen MR) is 138 cm³/mol. The Morgan fingerprint density at radius 1 is 1.03 bits per heavy atom. The summed E-state index contributed by atoms with van der Waals surface area (Å²) >= 11 is 0. The molecule has 0 atom stereocenters. The maximum Gasteiger partial charge on any atom is 0.254 e. The molecule has 0 fully saturated rings. The number of nitrogens with zero attached hydrogens (tertiary/aromatic N) is 1. The second kappa shape index (κ2) is 10.7. The lowest BCUT2D eigenvalue weighted by Crippen LogP contribution is -2.33. The number of rotatable bonds is 7. The maximum absolute atomic E-state index is 15.2. The first kappa shape index (κ1) is 26.3. The Hall–Kier alpha value is -3.72. The molecule has 37 heavy (non-hydrogen) atoms. The Kier molecular flexibility index (Phi) is 7.63. The summed E-state index contributed by atoms with van der Waals surface area (Å²) in [5, 5.41) is 0. The summed E-state index contributed by atoms with van der Waals surface area (Å²) in [6.45, 7) is 4.00. The molecule has 3 aromatic rings. The first-order valence-corrected chi connectivity index (χ1v) is 13.8. The van der Waals surface area contributed by atoms with E-state index < -0.39 is 21.6 Å². The van der Waals surface area contributed by atoms with E-state index in [0.717, 1.165) is 16.7 Å². The van der Waals surface area contributed by atoms with E-state index in [1.807, 2.05) is 30.3 Å². The van der Waals surface area contributed by atoms with Gasteiger partial charge in [0.2, 0.25) is 5.91 Å². The van der Waals surface area contributed by atoms with Gasteiger partial charge in [-0.3, -0.25) is 9.59 Å². The van der Waals surface area contributed by atoms with Crippen LogP contribution in [0.5, 0.6) is 5.75 Å². The summed E-state index contributed by atoms with van der Waals surface area (Å²) < 4.78 is 45.6. The van der Waals surface area contributed by atoms with Crippen molar-refractivity contribution in [3.8, 4) is 5.75 Å². The number of amides is 2. The molecule has 9 heteroatoms. The Morgan fingerprint density at radius 2 is 1.73 bits per heavy atom. The van der Waals surface area contributed by atoms with E-state index in [4.69, 9.17) is 10.5 Å². The standard InChI is InChI=1S/C28H29FN2O5S/c1-3-22-23(10-12-25(26(22)29)37(34,35)4-2)28(33)31-13-14-36-24-11-7-19(16-21(24)17-31)15-18-5-8-20(9-6-18)27(30)32/h5-12,16H,3-4,13-15,17H2,1-2H3,(H2,30,32). The van der Waals surface area contributed by atoms with Gasteiger partial charge in [0.1, 0.15) is 23.1 Å². The first-order chi connectivity index (χ1) is 17.6. The SMILES string of the molecule is CCc1c(C(=O)N2CCOc3ccc(Cc4ccc(C(N)=O)cc4)cc3C2)ccc(S(=O)(=O)CC)c1F. The van der Waals surface area contributed by atoms with Gasteiger partial charge >= 0.3 is 0 Å². The minimum atomic E-state index is -3.75. The molecule has 7 nitrogen and oxygen atoms in total. The minimum Gasteiger partial charge on any atom is -0.491 e. The summed E-state index contributed by atoms with van der Waals surface area (Å²) in [4.78, 5) is 26.0. The Bertz CT molecular complexity index is 1450. The average Bonchev–Trinajstić information content (AvgIpc) is 3.10. The van der Waals surface area contributed by atoms with E-state index in [0.29, 0.717) is 24.3 Å². The molecule has 1 heterocycles. The molecule has 0 unspecified atom stereocenters. The van der Waals surface area contributed by atoms with Crippen LogP contribution in [0.25, 0.3) is 0 Å². The van der Waals surface area contributed by atoms with Crippen LogP contribution in [-0.4, -0.2) is 44.0 Å². The Balaban J connectivity index is 1.60. The third kappa shape index (κ3) is 5.51. The second-order valence-electron chi connectivity index (χ2n) is 8.92.